The van der Waals surface area contributed by atoms with Crippen LogP contribution in [0, 0.1) is 0 Å². The molecule has 0 unspecified atom stereocenters. The van der Waals surface area contributed by atoms with Gasteiger partial charge in [0.1, 0.15) is 0 Å². The zero-order valence-corrected chi connectivity index (χ0v) is 11.5. The molecule has 2 rings (SSSR count). The van der Waals surface area contributed by atoms with Gasteiger partial charge in [-0.15, -0.1) is 0 Å². The monoisotopic (exact) mass is 259 g/mol. The summed E-state index contributed by atoms with van der Waals surface area (Å²) in [6.07, 6.45) is 3.83. The molecule has 0 aromatic heterocycles. The van der Waals surface area contributed by atoms with Gasteiger partial charge in [0, 0.05) is 31.5 Å². The number of benzene rings is 1. The molecule has 1 aromatic carbocycles. The first-order valence-corrected chi connectivity index (χ1v) is 7.10. The summed E-state index contributed by atoms with van der Waals surface area (Å²) in [7, 11) is 0. The fraction of sp³-hybridized carbons (Fsp3) is 0.500. The van der Waals surface area contributed by atoms with Crippen molar-refractivity contribution in [3.8, 4) is 0 Å². The highest BCUT2D eigenvalue weighted by Gasteiger charge is 2.18. The minimum Gasteiger partial charge on any atom is -0.343 e. The van der Waals surface area contributed by atoms with E-state index in [9.17, 15) is 9.59 Å². The van der Waals surface area contributed by atoms with Gasteiger partial charge in [0.25, 0.3) is 0 Å². The van der Waals surface area contributed by atoms with Crippen LogP contribution >= 0.6 is 0 Å². The third-order valence-electron chi connectivity index (χ3n) is 3.71. The Morgan fingerprint density at radius 1 is 1.05 bits per heavy atom. The van der Waals surface area contributed by atoms with Crippen molar-refractivity contribution in [2.45, 2.75) is 39.0 Å². The van der Waals surface area contributed by atoms with Crippen LogP contribution in [0.25, 0.3) is 0 Å². The number of carbonyl (C=O) groups is 2. The summed E-state index contributed by atoms with van der Waals surface area (Å²) in [5.74, 6) is 0.186. The minimum absolute atomic E-state index is 0.0650. The third-order valence-corrected chi connectivity index (χ3v) is 3.71. The van der Waals surface area contributed by atoms with Gasteiger partial charge in [-0.1, -0.05) is 31.2 Å². The van der Waals surface area contributed by atoms with Crippen LogP contribution in [0.1, 0.15) is 48.5 Å². The number of likely N-dealkylation sites (tertiary alicyclic amines) is 1. The molecular formula is C16H21NO2. The molecule has 1 aliphatic heterocycles. The van der Waals surface area contributed by atoms with Crippen molar-refractivity contribution in [2.24, 2.45) is 0 Å². The number of hydrogen-bond acceptors (Lipinski definition) is 2. The Kier molecular flexibility index (Phi) is 4.72. The minimum atomic E-state index is 0.0650. The van der Waals surface area contributed by atoms with Gasteiger partial charge in [0.05, 0.1) is 0 Å². The number of nitrogens with zero attached hydrogens (tertiary/aromatic N) is 1. The Morgan fingerprint density at radius 3 is 2.26 bits per heavy atom. The van der Waals surface area contributed by atoms with Crippen LogP contribution in [0.15, 0.2) is 24.3 Å². The zero-order chi connectivity index (χ0) is 13.7. The highest BCUT2D eigenvalue weighted by Crippen LogP contribution is 2.12. The zero-order valence-electron chi connectivity index (χ0n) is 11.5. The van der Waals surface area contributed by atoms with Gasteiger partial charge in [0.15, 0.2) is 5.78 Å². The quantitative estimate of drug-likeness (QED) is 0.762. The van der Waals surface area contributed by atoms with Crippen molar-refractivity contribution >= 4 is 11.7 Å². The maximum atomic E-state index is 12.0. The largest absolute Gasteiger partial charge is 0.343 e. The maximum absolute atomic E-state index is 12.0. The third kappa shape index (κ3) is 3.66. The van der Waals surface area contributed by atoms with Crippen LogP contribution in [0.5, 0.6) is 0 Å². The van der Waals surface area contributed by atoms with E-state index in [4.69, 9.17) is 0 Å². The maximum Gasteiger partial charge on any atom is 0.223 e. The van der Waals surface area contributed by atoms with E-state index in [-0.39, 0.29) is 11.7 Å². The molecular weight excluding hydrogens is 238 g/mol. The first kappa shape index (κ1) is 13.8. The summed E-state index contributed by atoms with van der Waals surface area (Å²) >= 11 is 0. The Morgan fingerprint density at radius 2 is 1.68 bits per heavy atom. The van der Waals surface area contributed by atoms with Crippen molar-refractivity contribution in [3.63, 3.8) is 0 Å². The summed E-state index contributed by atoms with van der Waals surface area (Å²) in [5.41, 5.74) is 1.94. The predicted molar refractivity (Wildman–Crippen MR) is 75.2 cm³/mol. The Balaban J connectivity index is 1.84. The molecule has 0 bridgehead atoms. The molecule has 102 valence electrons. The SMILES string of the molecule is CCc1ccc(C(=O)CCC(=O)N2CCCC2)cc1. The van der Waals surface area contributed by atoms with Gasteiger partial charge in [-0.25, -0.2) is 0 Å². The molecule has 3 heteroatoms. The van der Waals surface area contributed by atoms with Crippen LogP contribution in [0.4, 0.5) is 0 Å². The van der Waals surface area contributed by atoms with Crippen molar-refractivity contribution in [1.82, 2.24) is 4.90 Å². The number of carbonyl (C=O) groups excluding carboxylic acids is 2. The number of Topliss-reactive ketones (excluding diaryl/α,β-unsaturated/α-hetero) is 1. The Bertz CT molecular complexity index is 444. The molecule has 0 radical (unpaired) electrons. The van der Waals surface area contributed by atoms with Crippen LogP contribution in [-0.4, -0.2) is 29.7 Å². The topological polar surface area (TPSA) is 37.4 Å². The summed E-state index contributed by atoms with van der Waals surface area (Å²) in [5, 5.41) is 0. The molecule has 0 aliphatic carbocycles. The molecule has 0 spiro atoms. The summed E-state index contributed by atoms with van der Waals surface area (Å²) < 4.78 is 0. The highest BCUT2D eigenvalue weighted by atomic mass is 16.2. The lowest BCUT2D eigenvalue weighted by Crippen LogP contribution is -2.27. The van der Waals surface area contributed by atoms with E-state index in [0.29, 0.717) is 18.4 Å². The predicted octanol–water partition coefficient (Wildman–Crippen LogP) is 2.83. The second-order valence-electron chi connectivity index (χ2n) is 5.06. The average molecular weight is 259 g/mol. The van der Waals surface area contributed by atoms with Crippen LogP contribution in [0.3, 0.4) is 0 Å². The molecule has 1 amide bonds. The van der Waals surface area contributed by atoms with Crippen molar-refractivity contribution in [1.29, 1.82) is 0 Å². The van der Waals surface area contributed by atoms with E-state index in [2.05, 4.69) is 6.92 Å². The van der Waals surface area contributed by atoms with E-state index >= 15 is 0 Å². The van der Waals surface area contributed by atoms with Crippen LogP contribution in [-0.2, 0) is 11.2 Å². The first-order chi connectivity index (χ1) is 9.20. The van der Waals surface area contributed by atoms with E-state index in [0.717, 1.165) is 32.4 Å². The lowest BCUT2D eigenvalue weighted by molar-refractivity contribution is -0.130. The Hall–Kier alpha value is -1.64. The van der Waals surface area contributed by atoms with Crippen molar-refractivity contribution < 1.29 is 9.59 Å². The standard InChI is InChI=1S/C16H21NO2/c1-2-13-5-7-14(8-6-13)15(18)9-10-16(19)17-11-3-4-12-17/h5-8H,2-4,9-12H2,1H3. The normalized spacial score (nSPS) is 14.7. The summed E-state index contributed by atoms with van der Waals surface area (Å²) in [6.45, 7) is 3.81. The van der Waals surface area contributed by atoms with E-state index in [1.807, 2.05) is 29.2 Å². The summed E-state index contributed by atoms with van der Waals surface area (Å²) in [6, 6.07) is 7.69. The second kappa shape index (κ2) is 6.50. The number of amides is 1. The lowest BCUT2D eigenvalue weighted by atomic mass is 10.0. The highest BCUT2D eigenvalue weighted by molar-refractivity contribution is 5.98. The van der Waals surface area contributed by atoms with Gasteiger partial charge in [0.2, 0.25) is 5.91 Å². The lowest BCUT2D eigenvalue weighted by Gasteiger charge is -2.14. The van der Waals surface area contributed by atoms with Crippen molar-refractivity contribution in [2.75, 3.05) is 13.1 Å². The molecule has 1 saturated heterocycles. The second-order valence-corrected chi connectivity index (χ2v) is 5.06. The average Bonchev–Trinajstić information content (AvgIpc) is 2.98. The molecule has 1 aliphatic rings. The number of aryl methyl sites for hydroxylation is 1. The van der Waals surface area contributed by atoms with Gasteiger partial charge in [-0.3, -0.25) is 9.59 Å². The summed E-state index contributed by atoms with van der Waals surface area (Å²) in [4.78, 5) is 25.7. The van der Waals surface area contributed by atoms with E-state index < -0.39 is 0 Å². The van der Waals surface area contributed by atoms with Gasteiger partial charge in [-0.05, 0) is 24.8 Å². The molecule has 0 saturated carbocycles. The fourth-order valence-electron chi connectivity index (χ4n) is 2.42. The van der Waals surface area contributed by atoms with Crippen molar-refractivity contribution in [3.05, 3.63) is 35.4 Å². The number of hydrogen-bond donors (Lipinski definition) is 0. The molecule has 1 aromatic rings. The molecule has 3 nitrogen and oxygen atoms in total. The molecule has 1 heterocycles. The first-order valence-electron chi connectivity index (χ1n) is 7.10. The molecule has 0 atom stereocenters. The van der Waals surface area contributed by atoms with Gasteiger partial charge in [-0.2, -0.15) is 0 Å². The number of rotatable bonds is 5. The smallest absolute Gasteiger partial charge is 0.223 e. The molecule has 19 heavy (non-hydrogen) atoms. The Labute approximate surface area is 114 Å². The van der Waals surface area contributed by atoms with E-state index in [1.165, 1.54) is 5.56 Å². The van der Waals surface area contributed by atoms with Crippen LogP contribution in [0.2, 0.25) is 0 Å². The molecule has 0 N–H and O–H groups in total. The fourth-order valence-corrected chi connectivity index (χ4v) is 2.42. The van der Waals surface area contributed by atoms with Crippen LogP contribution < -0.4 is 0 Å². The van der Waals surface area contributed by atoms with Gasteiger partial charge < -0.3 is 4.90 Å². The number of ketones is 1. The van der Waals surface area contributed by atoms with Gasteiger partial charge >= 0.3 is 0 Å². The molecule has 1 fully saturated rings. The van der Waals surface area contributed by atoms with E-state index in [1.54, 1.807) is 0 Å².